The summed E-state index contributed by atoms with van der Waals surface area (Å²) < 4.78 is 0. The molecule has 0 aromatic heterocycles. The number of nitrogens with two attached hydrogens (primary N) is 1. The summed E-state index contributed by atoms with van der Waals surface area (Å²) >= 11 is 0. The maximum absolute atomic E-state index is 13.0. The molecule has 0 fully saturated rings. The van der Waals surface area contributed by atoms with Gasteiger partial charge in [0.25, 0.3) is 5.69 Å². The van der Waals surface area contributed by atoms with Gasteiger partial charge in [-0.25, -0.2) is 0 Å². The number of ketones is 1. The molecular formula is C21H25N3O5. The van der Waals surface area contributed by atoms with Crippen LogP contribution in [0.2, 0.25) is 0 Å². The predicted molar refractivity (Wildman–Crippen MR) is 109 cm³/mol. The standard InChI is InChI=1S/C21H25N3O5/c22-12-6-2-5-9-20(26)23-18(13-15-7-3-1-4-8-15)21(27)17-14-16(24(28)29)10-11-19(17)25/h1,3-4,7-8,10-11,14,18,25H,2,5-6,9,12-13,22H2,(H,23,26)/t18-/m0/s1. The molecule has 8 heteroatoms. The fourth-order valence-electron chi connectivity index (χ4n) is 2.95. The van der Waals surface area contributed by atoms with Crippen molar-refractivity contribution in [3.63, 3.8) is 0 Å². The lowest BCUT2D eigenvalue weighted by Crippen LogP contribution is -2.42. The summed E-state index contributed by atoms with van der Waals surface area (Å²) in [5, 5.41) is 23.8. The van der Waals surface area contributed by atoms with E-state index in [1.54, 1.807) is 0 Å². The molecule has 154 valence electrons. The number of benzene rings is 2. The maximum atomic E-state index is 13.0. The molecule has 1 atom stereocenters. The quantitative estimate of drug-likeness (QED) is 0.230. The molecular weight excluding hydrogens is 374 g/mol. The van der Waals surface area contributed by atoms with E-state index in [4.69, 9.17) is 5.73 Å². The molecule has 0 saturated heterocycles. The number of phenols is 1. The molecule has 0 unspecified atom stereocenters. The molecule has 2 aromatic rings. The number of nitro groups is 1. The summed E-state index contributed by atoms with van der Waals surface area (Å²) in [6.45, 7) is 0.558. The molecule has 0 aliphatic rings. The topological polar surface area (TPSA) is 136 Å². The van der Waals surface area contributed by atoms with Crippen LogP contribution in [0.25, 0.3) is 0 Å². The van der Waals surface area contributed by atoms with Gasteiger partial charge in [-0.1, -0.05) is 36.8 Å². The summed E-state index contributed by atoms with van der Waals surface area (Å²) in [4.78, 5) is 35.8. The maximum Gasteiger partial charge on any atom is 0.270 e. The minimum absolute atomic E-state index is 0.191. The molecule has 0 radical (unpaired) electrons. The summed E-state index contributed by atoms with van der Waals surface area (Å²) in [5.74, 6) is -1.23. The largest absolute Gasteiger partial charge is 0.507 e. The molecule has 29 heavy (non-hydrogen) atoms. The van der Waals surface area contributed by atoms with Crippen LogP contribution in [-0.2, 0) is 11.2 Å². The average Bonchev–Trinajstić information content (AvgIpc) is 2.71. The van der Waals surface area contributed by atoms with E-state index < -0.39 is 16.7 Å². The van der Waals surface area contributed by atoms with Crippen molar-refractivity contribution in [2.45, 2.75) is 38.1 Å². The van der Waals surface area contributed by atoms with E-state index in [9.17, 15) is 24.8 Å². The van der Waals surface area contributed by atoms with Gasteiger partial charge in [-0.3, -0.25) is 19.7 Å². The van der Waals surface area contributed by atoms with Crippen LogP contribution < -0.4 is 11.1 Å². The van der Waals surface area contributed by atoms with Crippen LogP contribution in [-0.4, -0.2) is 34.3 Å². The van der Waals surface area contributed by atoms with Gasteiger partial charge in [-0.2, -0.15) is 0 Å². The number of nitrogens with one attached hydrogen (secondary N) is 1. The van der Waals surface area contributed by atoms with E-state index in [1.807, 2.05) is 30.3 Å². The molecule has 1 amide bonds. The van der Waals surface area contributed by atoms with Crippen molar-refractivity contribution in [3.05, 3.63) is 69.8 Å². The van der Waals surface area contributed by atoms with E-state index in [0.29, 0.717) is 13.0 Å². The zero-order valence-corrected chi connectivity index (χ0v) is 16.0. The smallest absolute Gasteiger partial charge is 0.270 e. The zero-order valence-electron chi connectivity index (χ0n) is 16.0. The van der Waals surface area contributed by atoms with Crippen molar-refractivity contribution in [2.75, 3.05) is 6.54 Å². The number of non-ortho nitro benzene ring substituents is 1. The minimum atomic E-state index is -0.952. The highest BCUT2D eigenvalue weighted by molar-refractivity contribution is 6.04. The molecule has 0 aliphatic carbocycles. The van der Waals surface area contributed by atoms with E-state index in [1.165, 1.54) is 0 Å². The van der Waals surface area contributed by atoms with Crippen molar-refractivity contribution in [1.29, 1.82) is 0 Å². The van der Waals surface area contributed by atoms with Gasteiger partial charge in [0.15, 0.2) is 5.78 Å². The molecule has 0 bridgehead atoms. The highest BCUT2D eigenvalue weighted by Crippen LogP contribution is 2.25. The summed E-state index contributed by atoms with van der Waals surface area (Å²) in [5.41, 5.74) is 5.77. The van der Waals surface area contributed by atoms with Crippen molar-refractivity contribution in [1.82, 2.24) is 5.32 Å². The van der Waals surface area contributed by atoms with Crippen LogP contribution in [0, 0.1) is 10.1 Å². The third-order valence-electron chi connectivity index (χ3n) is 4.50. The Morgan fingerprint density at radius 3 is 2.48 bits per heavy atom. The summed E-state index contributed by atoms with van der Waals surface area (Å²) in [6, 6.07) is 11.4. The van der Waals surface area contributed by atoms with Crippen molar-refractivity contribution < 1.29 is 19.6 Å². The van der Waals surface area contributed by atoms with Gasteiger partial charge in [-0.05, 0) is 31.0 Å². The fourth-order valence-corrected chi connectivity index (χ4v) is 2.95. The Labute approximate surface area is 168 Å². The van der Waals surface area contributed by atoms with Gasteiger partial charge in [0.2, 0.25) is 5.91 Å². The van der Waals surface area contributed by atoms with Gasteiger partial charge < -0.3 is 16.2 Å². The van der Waals surface area contributed by atoms with Gasteiger partial charge in [-0.15, -0.1) is 0 Å². The Morgan fingerprint density at radius 1 is 1.10 bits per heavy atom. The van der Waals surface area contributed by atoms with Crippen molar-refractivity contribution in [3.8, 4) is 5.75 Å². The van der Waals surface area contributed by atoms with E-state index in [-0.39, 0.29) is 35.7 Å². The third-order valence-corrected chi connectivity index (χ3v) is 4.50. The van der Waals surface area contributed by atoms with Crippen molar-refractivity contribution >= 4 is 17.4 Å². The number of carbonyl (C=O) groups excluding carboxylic acids is 2. The number of nitrogens with zero attached hydrogens (tertiary/aromatic N) is 1. The number of nitro benzene ring substituents is 1. The summed E-state index contributed by atoms with van der Waals surface area (Å²) in [6.07, 6.45) is 2.74. The number of rotatable bonds is 11. The monoisotopic (exact) mass is 399 g/mol. The van der Waals surface area contributed by atoms with Crippen LogP contribution in [0.3, 0.4) is 0 Å². The van der Waals surface area contributed by atoms with E-state index >= 15 is 0 Å². The second-order valence-electron chi connectivity index (χ2n) is 6.73. The first kappa shape index (κ1) is 22.0. The van der Waals surface area contributed by atoms with Gasteiger partial charge in [0, 0.05) is 25.0 Å². The Hall–Kier alpha value is -3.26. The molecule has 2 rings (SSSR count). The number of phenolic OH excluding ortho intramolecular Hbond substituents is 1. The highest BCUT2D eigenvalue weighted by atomic mass is 16.6. The third kappa shape index (κ3) is 6.69. The number of aromatic hydroxyl groups is 1. The number of hydrogen-bond donors (Lipinski definition) is 3. The Bertz CT molecular complexity index is 855. The normalized spacial score (nSPS) is 11.6. The molecule has 0 aliphatic heterocycles. The molecule has 0 spiro atoms. The minimum Gasteiger partial charge on any atom is -0.507 e. The molecule has 8 nitrogen and oxygen atoms in total. The highest BCUT2D eigenvalue weighted by Gasteiger charge is 2.26. The lowest BCUT2D eigenvalue weighted by atomic mass is 9.96. The lowest BCUT2D eigenvalue weighted by Gasteiger charge is -2.18. The Kier molecular flexibility index (Phi) is 8.29. The average molecular weight is 399 g/mol. The van der Waals surface area contributed by atoms with Crippen LogP contribution in [0.1, 0.15) is 41.6 Å². The molecule has 0 saturated carbocycles. The number of amides is 1. The van der Waals surface area contributed by atoms with E-state index in [2.05, 4.69) is 5.32 Å². The first-order chi connectivity index (χ1) is 13.9. The van der Waals surface area contributed by atoms with Gasteiger partial charge in [0.1, 0.15) is 5.75 Å². The second-order valence-corrected chi connectivity index (χ2v) is 6.73. The Balaban J connectivity index is 2.22. The number of hydrogen-bond acceptors (Lipinski definition) is 6. The first-order valence-corrected chi connectivity index (χ1v) is 9.47. The molecule has 4 N–H and O–H groups in total. The first-order valence-electron chi connectivity index (χ1n) is 9.47. The molecule has 2 aromatic carbocycles. The lowest BCUT2D eigenvalue weighted by molar-refractivity contribution is -0.384. The van der Waals surface area contributed by atoms with E-state index in [0.717, 1.165) is 36.6 Å². The van der Waals surface area contributed by atoms with Crippen LogP contribution >= 0.6 is 0 Å². The molecule has 0 heterocycles. The fraction of sp³-hybridized carbons (Fsp3) is 0.333. The van der Waals surface area contributed by atoms with Crippen molar-refractivity contribution in [2.24, 2.45) is 5.73 Å². The Morgan fingerprint density at radius 2 is 1.83 bits per heavy atom. The number of Topliss-reactive ketones (excluding diaryl/α,β-unsaturated/α-hetero) is 1. The number of carbonyl (C=O) groups is 2. The van der Waals surface area contributed by atoms with Crippen LogP contribution in [0.15, 0.2) is 48.5 Å². The zero-order chi connectivity index (χ0) is 21.2. The van der Waals surface area contributed by atoms with Gasteiger partial charge >= 0.3 is 0 Å². The van der Waals surface area contributed by atoms with Crippen LogP contribution in [0.5, 0.6) is 5.75 Å². The predicted octanol–water partition coefficient (Wildman–Crippen LogP) is 2.73. The number of unbranched alkanes of at least 4 members (excludes halogenated alkanes) is 2. The van der Waals surface area contributed by atoms with Gasteiger partial charge in [0.05, 0.1) is 16.5 Å². The SMILES string of the molecule is NCCCCCC(=O)N[C@@H](Cc1ccccc1)C(=O)c1cc([N+](=O)[O-])ccc1O. The second kappa shape index (κ2) is 10.9. The van der Waals surface area contributed by atoms with Crippen LogP contribution in [0.4, 0.5) is 5.69 Å². The summed E-state index contributed by atoms with van der Waals surface area (Å²) in [7, 11) is 0.